The molecule has 0 fully saturated rings. The first-order valence-corrected chi connectivity index (χ1v) is 3.68. The van der Waals surface area contributed by atoms with Crippen molar-refractivity contribution in [3.8, 4) is 0 Å². The first-order chi connectivity index (χ1) is 6.18. The van der Waals surface area contributed by atoms with Crippen molar-refractivity contribution in [2.45, 2.75) is 6.92 Å². The summed E-state index contributed by atoms with van der Waals surface area (Å²) in [4.78, 5) is 10.9. The number of ketones is 1. The number of Topliss-reactive ketones (excluding diaryl/α,β-unsaturated/α-hetero) is 1. The maximum Gasteiger partial charge on any atom is 0.196 e. The molecular formula is C8H6FN3O. The second-order valence-corrected chi connectivity index (χ2v) is 2.69. The molecule has 0 saturated carbocycles. The first kappa shape index (κ1) is 7.85. The number of pyridine rings is 1. The predicted octanol–water partition coefficient (Wildman–Crippen LogP) is 1.07. The van der Waals surface area contributed by atoms with Crippen molar-refractivity contribution in [1.29, 1.82) is 0 Å². The number of rotatable bonds is 1. The summed E-state index contributed by atoms with van der Waals surface area (Å²) >= 11 is 0. The molecule has 0 aliphatic heterocycles. The molecule has 2 aromatic rings. The topological polar surface area (TPSA) is 47.3 Å². The summed E-state index contributed by atoms with van der Waals surface area (Å²) in [7, 11) is 0. The van der Waals surface area contributed by atoms with E-state index in [0.717, 1.165) is 6.07 Å². The average molecular weight is 179 g/mol. The number of aromatic nitrogens is 3. The van der Waals surface area contributed by atoms with Gasteiger partial charge < -0.3 is 0 Å². The van der Waals surface area contributed by atoms with Gasteiger partial charge in [0.25, 0.3) is 0 Å². The number of halogens is 1. The number of hydrogen-bond donors (Lipinski definition) is 0. The lowest BCUT2D eigenvalue weighted by molar-refractivity contribution is 0.101. The third-order valence-electron chi connectivity index (χ3n) is 1.75. The highest BCUT2D eigenvalue weighted by atomic mass is 19.1. The molecule has 0 N–H and O–H groups in total. The average Bonchev–Trinajstić information content (AvgIpc) is 2.51. The van der Waals surface area contributed by atoms with Gasteiger partial charge in [-0.15, -0.1) is 10.2 Å². The predicted molar refractivity (Wildman–Crippen MR) is 42.9 cm³/mol. The Labute approximate surface area is 73.0 Å². The minimum Gasteiger partial charge on any atom is -0.294 e. The molecule has 2 aromatic heterocycles. The van der Waals surface area contributed by atoms with E-state index < -0.39 is 5.82 Å². The highest BCUT2D eigenvalue weighted by Crippen LogP contribution is 2.09. The maximum atomic E-state index is 13.2. The molecule has 5 heteroatoms. The summed E-state index contributed by atoms with van der Waals surface area (Å²) in [6.07, 6.45) is 2.85. The molecule has 0 saturated heterocycles. The van der Waals surface area contributed by atoms with Gasteiger partial charge in [0.15, 0.2) is 17.2 Å². The van der Waals surface area contributed by atoms with Crippen LogP contribution in [0, 0.1) is 5.82 Å². The fourth-order valence-electron chi connectivity index (χ4n) is 1.09. The zero-order chi connectivity index (χ0) is 9.42. The van der Waals surface area contributed by atoms with Gasteiger partial charge in [-0.2, -0.15) is 0 Å². The van der Waals surface area contributed by atoms with Crippen LogP contribution in [0.1, 0.15) is 17.3 Å². The molecule has 4 nitrogen and oxygen atoms in total. The van der Waals surface area contributed by atoms with E-state index in [9.17, 15) is 9.18 Å². The minimum atomic E-state index is -0.537. The highest BCUT2D eigenvalue weighted by molar-refractivity contribution is 5.94. The van der Waals surface area contributed by atoms with Crippen molar-refractivity contribution in [2.75, 3.05) is 0 Å². The Morgan fingerprint density at radius 2 is 2.38 bits per heavy atom. The van der Waals surface area contributed by atoms with Gasteiger partial charge in [-0.3, -0.25) is 9.20 Å². The van der Waals surface area contributed by atoms with Crippen LogP contribution >= 0.6 is 0 Å². The fraction of sp³-hybridized carbons (Fsp3) is 0.125. The van der Waals surface area contributed by atoms with Crippen molar-refractivity contribution in [3.05, 3.63) is 30.0 Å². The van der Waals surface area contributed by atoms with E-state index in [1.54, 1.807) is 0 Å². The van der Waals surface area contributed by atoms with Crippen LogP contribution in [0.5, 0.6) is 0 Å². The summed E-state index contributed by atoms with van der Waals surface area (Å²) in [5.41, 5.74) is 0.440. The lowest BCUT2D eigenvalue weighted by atomic mass is 10.2. The molecule has 0 radical (unpaired) electrons. The second-order valence-electron chi connectivity index (χ2n) is 2.69. The van der Waals surface area contributed by atoms with Crippen LogP contribution in [0.15, 0.2) is 18.6 Å². The van der Waals surface area contributed by atoms with Gasteiger partial charge in [0.05, 0.1) is 0 Å². The summed E-state index contributed by atoms with van der Waals surface area (Å²) in [5.74, 6) is -0.722. The van der Waals surface area contributed by atoms with E-state index in [0.29, 0.717) is 5.56 Å². The zero-order valence-electron chi connectivity index (χ0n) is 6.86. The second kappa shape index (κ2) is 2.62. The van der Waals surface area contributed by atoms with Gasteiger partial charge in [-0.25, -0.2) is 4.39 Å². The SMILES string of the molecule is CC(=O)c1cc(F)c2nncn2c1. The van der Waals surface area contributed by atoms with Crippen molar-refractivity contribution in [3.63, 3.8) is 0 Å². The molecule has 0 amide bonds. The fourth-order valence-corrected chi connectivity index (χ4v) is 1.09. The van der Waals surface area contributed by atoms with E-state index in [1.807, 2.05) is 0 Å². The quantitative estimate of drug-likeness (QED) is 0.615. The Bertz CT molecular complexity index is 477. The largest absolute Gasteiger partial charge is 0.294 e. The smallest absolute Gasteiger partial charge is 0.196 e. The Kier molecular flexibility index (Phi) is 1.58. The van der Waals surface area contributed by atoms with Gasteiger partial charge in [-0.1, -0.05) is 0 Å². The summed E-state index contributed by atoms with van der Waals surface area (Å²) in [6, 6.07) is 1.16. The summed E-state index contributed by atoms with van der Waals surface area (Å²) < 4.78 is 14.5. The van der Waals surface area contributed by atoms with Crippen LogP contribution in [0.25, 0.3) is 5.65 Å². The molecule has 0 spiro atoms. The lowest BCUT2D eigenvalue weighted by Gasteiger charge is -1.97. The van der Waals surface area contributed by atoms with Crippen LogP contribution < -0.4 is 0 Å². The highest BCUT2D eigenvalue weighted by Gasteiger charge is 2.07. The third kappa shape index (κ3) is 1.18. The number of nitrogens with zero attached hydrogens (tertiary/aromatic N) is 3. The van der Waals surface area contributed by atoms with E-state index in [1.165, 1.54) is 23.8 Å². The van der Waals surface area contributed by atoms with E-state index in [-0.39, 0.29) is 11.4 Å². The first-order valence-electron chi connectivity index (χ1n) is 3.68. The van der Waals surface area contributed by atoms with E-state index >= 15 is 0 Å². The molecule has 2 heterocycles. The Morgan fingerprint density at radius 3 is 3.08 bits per heavy atom. The Hall–Kier alpha value is -1.78. The summed E-state index contributed by atoms with van der Waals surface area (Å²) in [5, 5.41) is 7.07. The standard InChI is InChI=1S/C8H6FN3O/c1-5(13)6-2-7(9)8-11-10-4-12(8)3-6/h2-4H,1H3. The van der Waals surface area contributed by atoms with Gasteiger partial charge in [0, 0.05) is 11.8 Å². The molecule has 13 heavy (non-hydrogen) atoms. The van der Waals surface area contributed by atoms with Crippen molar-refractivity contribution in [1.82, 2.24) is 14.6 Å². The van der Waals surface area contributed by atoms with Crippen LogP contribution in [-0.2, 0) is 0 Å². The Morgan fingerprint density at radius 1 is 1.62 bits per heavy atom. The van der Waals surface area contributed by atoms with Crippen molar-refractivity contribution < 1.29 is 9.18 Å². The number of carbonyl (C=O) groups excluding carboxylic acids is 1. The van der Waals surface area contributed by atoms with Crippen LogP contribution in [0.4, 0.5) is 4.39 Å². The Balaban J connectivity index is 2.77. The lowest BCUT2D eigenvalue weighted by Crippen LogP contribution is -1.97. The van der Waals surface area contributed by atoms with Gasteiger partial charge >= 0.3 is 0 Å². The van der Waals surface area contributed by atoms with E-state index in [4.69, 9.17) is 0 Å². The molecule has 0 aromatic carbocycles. The molecule has 0 aliphatic rings. The molecule has 0 bridgehead atoms. The molecule has 0 unspecified atom stereocenters. The molecule has 0 aliphatic carbocycles. The summed E-state index contributed by atoms with van der Waals surface area (Å²) in [6.45, 7) is 1.38. The number of fused-ring (bicyclic) bond motifs is 1. The zero-order valence-corrected chi connectivity index (χ0v) is 6.86. The third-order valence-corrected chi connectivity index (χ3v) is 1.75. The minimum absolute atomic E-state index is 0.130. The molecule has 66 valence electrons. The number of hydrogen-bond acceptors (Lipinski definition) is 3. The monoisotopic (exact) mass is 179 g/mol. The van der Waals surface area contributed by atoms with Crippen molar-refractivity contribution >= 4 is 11.4 Å². The molecule has 2 rings (SSSR count). The number of carbonyl (C=O) groups is 1. The normalized spacial score (nSPS) is 10.6. The van der Waals surface area contributed by atoms with Gasteiger partial charge in [-0.05, 0) is 13.0 Å². The van der Waals surface area contributed by atoms with Gasteiger partial charge in [0.1, 0.15) is 6.33 Å². The van der Waals surface area contributed by atoms with Crippen LogP contribution in [0.3, 0.4) is 0 Å². The molecule has 0 atom stereocenters. The maximum absolute atomic E-state index is 13.2. The van der Waals surface area contributed by atoms with Crippen LogP contribution in [0.2, 0.25) is 0 Å². The van der Waals surface area contributed by atoms with Gasteiger partial charge in [0.2, 0.25) is 0 Å². The van der Waals surface area contributed by atoms with Crippen LogP contribution in [-0.4, -0.2) is 20.4 Å². The van der Waals surface area contributed by atoms with Crippen molar-refractivity contribution in [2.24, 2.45) is 0 Å². The molecular weight excluding hydrogens is 173 g/mol. The van der Waals surface area contributed by atoms with E-state index in [2.05, 4.69) is 10.2 Å².